The monoisotopic (exact) mass is 444 g/mol. The van der Waals surface area contributed by atoms with Crippen LogP contribution in [-0.4, -0.2) is 91.6 Å². The van der Waals surface area contributed by atoms with Crippen LogP contribution in [0.25, 0.3) is 0 Å². The molecule has 32 heavy (non-hydrogen) atoms. The van der Waals surface area contributed by atoms with Crippen molar-refractivity contribution in [1.82, 2.24) is 14.8 Å². The molecule has 2 rings (SSSR count). The van der Waals surface area contributed by atoms with Crippen LogP contribution in [0.3, 0.4) is 0 Å². The highest BCUT2D eigenvalue weighted by Crippen LogP contribution is 2.11. The van der Waals surface area contributed by atoms with Crippen LogP contribution in [0.5, 0.6) is 0 Å². The first-order valence-electron chi connectivity index (χ1n) is 10.4. The second-order valence-corrected chi connectivity index (χ2v) is 7.31. The first-order chi connectivity index (χ1) is 15.4. The maximum atomic E-state index is 12.8. The first-order valence-corrected chi connectivity index (χ1v) is 10.4. The number of amides is 1. The van der Waals surface area contributed by atoms with Crippen LogP contribution in [0, 0.1) is 10.8 Å². The van der Waals surface area contributed by atoms with Gasteiger partial charge in [0.15, 0.2) is 11.7 Å². The number of methoxy groups -OCH3 is 1. The van der Waals surface area contributed by atoms with Crippen molar-refractivity contribution in [3.63, 3.8) is 0 Å². The Morgan fingerprint density at radius 2 is 2.16 bits per heavy atom. The van der Waals surface area contributed by atoms with Crippen molar-refractivity contribution in [2.75, 3.05) is 51.8 Å². The lowest BCUT2D eigenvalue weighted by molar-refractivity contribution is -0.112. The van der Waals surface area contributed by atoms with E-state index in [4.69, 9.17) is 26.0 Å². The number of hydrogen-bond acceptors (Lipinski definition) is 9. The summed E-state index contributed by atoms with van der Waals surface area (Å²) >= 11 is 0. The summed E-state index contributed by atoms with van der Waals surface area (Å²) in [7, 11) is 1.38. The number of hydrogen-bond donors (Lipinski definition) is 4. The van der Waals surface area contributed by atoms with Crippen molar-refractivity contribution in [2.24, 2.45) is 10.7 Å². The second kappa shape index (κ2) is 12.5. The van der Waals surface area contributed by atoms with Crippen molar-refractivity contribution in [3.8, 4) is 0 Å². The Kier molecular flexibility index (Phi) is 9.76. The number of pyridine rings is 1. The maximum Gasteiger partial charge on any atom is 0.263 e. The lowest BCUT2D eigenvalue weighted by Gasteiger charge is -2.25. The lowest BCUT2D eigenvalue weighted by Crippen LogP contribution is -2.37. The number of morpholine rings is 1. The van der Waals surface area contributed by atoms with E-state index in [9.17, 15) is 4.79 Å². The zero-order valence-corrected chi connectivity index (χ0v) is 18.8. The van der Waals surface area contributed by atoms with E-state index in [2.05, 4.69) is 20.2 Å². The van der Waals surface area contributed by atoms with Crippen LogP contribution in [0.2, 0.25) is 0 Å². The Morgan fingerprint density at radius 3 is 2.78 bits per heavy atom. The molecule has 0 atom stereocenters. The number of aliphatic imine (C=N–C) groups is 1. The summed E-state index contributed by atoms with van der Waals surface area (Å²) in [4.78, 5) is 25.1. The smallest absolute Gasteiger partial charge is 0.263 e. The molecule has 5 N–H and O–H groups in total. The average molecular weight is 445 g/mol. The Bertz CT molecular complexity index is 862. The zero-order chi connectivity index (χ0) is 23.5. The number of rotatable bonds is 10. The number of nitrogens with two attached hydrogens (primary N) is 1. The van der Waals surface area contributed by atoms with Gasteiger partial charge in [0.05, 0.1) is 33.2 Å². The van der Waals surface area contributed by atoms with Crippen LogP contribution in [-0.2, 0) is 14.3 Å². The molecule has 1 amide bonds. The van der Waals surface area contributed by atoms with Gasteiger partial charge >= 0.3 is 0 Å². The number of ether oxygens (including phenoxy) is 2. The molecule has 0 spiro atoms. The Hall–Kier alpha value is -3.31. The van der Waals surface area contributed by atoms with E-state index in [-0.39, 0.29) is 29.2 Å². The number of carbonyl (C=O) groups is 1. The van der Waals surface area contributed by atoms with Gasteiger partial charge in [-0.2, -0.15) is 0 Å². The largest absolute Gasteiger partial charge is 0.482 e. The van der Waals surface area contributed by atoms with E-state index >= 15 is 0 Å². The molecule has 1 aliphatic heterocycles. The molecular weight excluding hydrogens is 412 g/mol. The standard InChI is InChI=1S/C21H32N8O3/c1-15(2)29(14-22)19(23)17-5-4-6-18(26-17)27-21(30)16(20(24)31-3)13-25-7-8-28-9-11-32-12-10-28/h4-6,13-15,22-23H,7-12,24H2,1-3H3,(H,26,27,30). The highest BCUT2D eigenvalue weighted by molar-refractivity contribution is 6.18. The van der Waals surface area contributed by atoms with Gasteiger partial charge in [0.1, 0.15) is 17.1 Å². The van der Waals surface area contributed by atoms with Gasteiger partial charge in [0, 0.05) is 31.9 Å². The van der Waals surface area contributed by atoms with Crippen molar-refractivity contribution < 1.29 is 14.3 Å². The summed E-state index contributed by atoms with van der Waals surface area (Å²) in [5.74, 6) is -0.281. The molecule has 0 radical (unpaired) electrons. The molecular formula is C21H32N8O3. The molecule has 1 aromatic heterocycles. The van der Waals surface area contributed by atoms with E-state index < -0.39 is 5.91 Å². The maximum absolute atomic E-state index is 12.8. The first kappa shape index (κ1) is 25.0. The molecule has 174 valence electrons. The molecule has 0 unspecified atom stereocenters. The number of nitrogens with one attached hydrogen (secondary N) is 3. The van der Waals surface area contributed by atoms with Crippen LogP contribution in [0.4, 0.5) is 5.82 Å². The summed E-state index contributed by atoms with van der Waals surface area (Å²) in [6.45, 7) is 8.16. The number of amidine groups is 1. The third kappa shape index (κ3) is 7.13. The van der Waals surface area contributed by atoms with Gasteiger partial charge in [0.25, 0.3) is 5.91 Å². The molecule has 1 saturated heterocycles. The molecule has 0 aromatic carbocycles. The van der Waals surface area contributed by atoms with Gasteiger partial charge in [-0.1, -0.05) is 6.07 Å². The van der Waals surface area contributed by atoms with Gasteiger partial charge in [0.2, 0.25) is 0 Å². The normalized spacial score (nSPS) is 15.4. The molecule has 0 aliphatic carbocycles. The minimum atomic E-state index is -0.525. The molecule has 1 aliphatic rings. The third-order valence-electron chi connectivity index (χ3n) is 4.79. The van der Waals surface area contributed by atoms with E-state index in [0.717, 1.165) is 26.0 Å². The van der Waals surface area contributed by atoms with E-state index in [1.807, 2.05) is 13.8 Å². The van der Waals surface area contributed by atoms with Crippen molar-refractivity contribution in [3.05, 3.63) is 35.3 Å². The lowest BCUT2D eigenvalue weighted by atomic mass is 10.2. The number of nitrogens with zero attached hydrogens (tertiary/aromatic N) is 4. The minimum absolute atomic E-state index is 0.0583. The summed E-state index contributed by atoms with van der Waals surface area (Å²) in [6, 6.07) is 4.85. The molecule has 0 bridgehead atoms. The Balaban J connectivity index is 2.07. The van der Waals surface area contributed by atoms with Crippen LogP contribution in [0.1, 0.15) is 19.5 Å². The van der Waals surface area contributed by atoms with E-state index in [1.165, 1.54) is 18.2 Å². The summed E-state index contributed by atoms with van der Waals surface area (Å²) in [5, 5.41) is 18.5. The van der Waals surface area contributed by atoms with Gasteiger partial charge in [-0.05, 0) is 26.0 Å². The second-order valence-electron chi connectivity index (χ2n) is 7.31. The predicted molar refractivity (Wildman–Crippen MR) is 124 cm³/mol. The Morgan fingerprint density at radius 1 is 1.44 bits per heavy atom. The SMILES string of the molecule is COC(N)=C(C=NCCN1CCOCC1)C(=O)Nc1cccc(C(=N)N(C=N)C(C)C)n1. The summed E-state index contributed by atoms with van der Waals surface area (Å²) in [6.07, 6.45) is 2.48. The van der Waals surface area contributed by atoms with E-state index in [1.54, 1.807) is 18.2 Å². The third-order valence-corrected chi connectivity index (χ3v) is 4.79. The van der Waals surface area contributed by atoms with Crippen LogP contribution < -0.4 is 11.1 Å². The number of carbonyl (C=O) groups excluding carboxylic acids is 1. The highest BCUT2D eigenvalue weighted by atomic mass is 16.5. The van der Waals surface area contributed by atoms with Gasteiger partial charge in [-0.15, -0.1) is 0 Å². The van der Waals surface area contributed by atoms with E-state index in [0.29, 0.717) is 25.5 Å². The molecule has 1 aromatic rings. The van der Waals surface area contributed by atoms with Crippen LogP contribution in [0.15, 0.2) is 34.6 Å². The average Bonchev–Trinajstić information content (AvgIpc) is 2.79. The Labute approximate surface area is 188 Å². The van der Waals surface area contributed by atoms with Gasteiger partial charge in [-0.25, -0.2) is 4.98 Å². The fourth-order valence-electron chi connectivity index (χ4n) is 2.95. The fraction of sp³-hybridized carbons (Fsp3) is 0.476. The van der Waals surface area contributed by atoms with Crippen LogP contribution >= 0.6 is 0 Å². The molecule has 11 nitrogen and oxygen atoms in total. The number of anilines is 1. The molecule has 11 heteroatoms. The quantitative estimate of drug-likeness (QED) is 0.181. The molecule has 2 heterocycles. The van der Waals surface area contributed by atoms with Crippen molar-refractivity contribution >= 4 is 30.1 Å². The highest BCUT2D eigenvalue weighted by Gasteiger charge is 2.17. The van der Waals surface area contributed by atoms with Crippen molar-refractivity contribution in [1.29, 1.82) is 10.8 Å². The molecule has 1 fully saturated rings. The van der Waals surface area contributed by atoms with Crippen molar-refractivity contribution in [2.45, 2.75) is 19.9 Å². The predicted octanol–water partition coefficient (Wildman–Crippen LogP) is 0.883. The summed E-state index contributed by atoms with van der Waals surface area (Å²) in [5.41, 5.74) is 6.27. The minimum Gasteiger partial charge on any atom is -0.482 e. The van der Waals surface area contributed by atoms with Gasteiger partial charge in [-0.3, -0.25) is 25.5 Å². The topological polar surface area (TPSA) is 153 Å². The molecule has 0 saturated carbocycles. The fourth-order valence-corrected chi connectivity index (χ4v) is 2.95. The number of aromatic nitrogens is 1. The zero-order valence-electron chi connectivity index (χ0n) is 18.8. The summed E-state index contributed by atoms with van der Waals surface area (Å²) < 4.78 is 10.4. The van der Waals surface area contributed by atoms with Gasteiger partial charge < -0.3 is 25.4 Å².